The number of hydrogen-bond donors (Lipinski definition) is 1. The molecule has 1 N–H and O–H groups in total. The van der Waals surface area contributed by atoms with Crippen LogP contribution in [-0.4, -0.2) is 17.9 Å². The van der Waals surface area contributed by atoms with Crippen LogP contribution in [0.1, 0.15) is 21.5 Å². The number of nitriles is 1. The molecule has 0 fully saturated rings. The summed E-state index contributed by atoms with van der Waals surface area (Å²) in [7, 11) is 1.46. The number of nitrogens with zero attached hydrogens (tertiary/aromatic N) is 2. The van der Waals surface area contributed by atoms with E-state index in [-0.39, 0.29) is 44.2 Å². The second kappa shape index (κ2) is 6.89. The normalized spacial score (nSPS) is 11.3. The molecule has 1 amide bonds. The molecule has 27 heavy (non-hydrogen) atoms. The quantitative estimate of drug-likeness (QED) is 0.684. The Bertz CT molecular complexity index is 1100. The van der Waals surface area contributed by atoms with Crippen LogP contribution in [0.3, 0.4) is 0 Å². The molecule has 3 aromatic rings. The second-order valence-electron chi connectivity index (χ2n) is 5.64. The molecule has 136 valence electrons. The van der Waals surface area contributed by atoms with Gasteiger partial charge < -0.3 is 5.32 Å². The number of pyridine rings is 1. The molecular weight excluding hydrogens is 379 g/mol. The van der Waals surface area contributed by atoms with E-state index in [9.17, 15) is 23.2 Å². The largest absolute Gasteiger partial charge is 0.417 e. The van der Waals surface area contributed by atoms with Gasteiger partial charge >= 0.3 is 6.18 Å². The van der Waals surface area contributed by atoms with E-state index in [1.165, 1.54) is 37.4 Å². The van der Waals surface area contributed by atoms with Crippen LogP contribution in [0, 0.1) is 11.3 Å². The zero-order valence-corrected chi connectivity index (χ0v) is 14.6. The molecule has 0 aliphatic carbocycles. The molecule has 3 rings (SSSR count). The Morgan fingerprint density at radius 2 is 1.96 bits per heavy atom. The highest BCUT2D eigenvalue weighted by Gasteiger charge is 2.33. The summed E-state index contributed by atoms with van der Waals surface area (Å²) in [5.74, 6) is -0.369. The van der Waals surface area contributed by atoms with Crippen LogP contribution in [0.4, 0.5) is 13.2 Å². The van der Waals surface area contributed by atoms with Crippen molar-refractivity contribution >= 4 is 28.4 Å². The molecule has 8 heteroatoms. The number of carbonyl (C=O) groups excluding carboxylic acids is 1. The van der Waals surface area contributed by atoms with Gasteiger partial charge in [0.05, 0.1) is 27.4 Å². The van der Waals surface area contributed by atoms with E-state index in [4.69, 9.17) is 11.6 Å². The Labute approximate surface area is 157 Å². The highest BCUT2D eigenvalue weighted by molar-refractivity contribution is 6.33. The summed E-state index contributed by atoms with van der Waals surface area (Å²) in [6, 6.07) is 11.0. The monoisotopic (exact) mass is 389 g/mol. The van der Waals surface area contributed by atoms with Crippen molar-refractivity contribution in [3.05, 3.63) is 64.2 Å². The maximum Gasteiger partial charge on any atom is 0.417 e. The van der Waals surface area contributed by atoms with E-state index in [2.05, 4.69) is 10.3 Å². The first-order valence-corrected chi connectivity index (χ1v) is 8.07. The first-order valence-electron chi connectivity index (χ1n) is 7.69. The molecular formula is C19H11ClF3N3O. The Kier molecular flexibility index (Phi) is 4.77. The van der Waals surface area contributed by atoms with Crippen LogP contribution >= 0.6 is 11.6 Å². The molecule has 0 aliphatic heterocycles. The highest BCUT2D eigenvalue weighted by Crippen LogP contribution is 2.37. The van der Waals surface area contributed by atoms with Crippen molar-refractivity contribution in [3.8, 4) is 17.3 Å². The van der Waals surface area contributed by atoms with Crippen LogP contribution in [-0.2, 0) is 6.18 Å². The molecule has 0 atom stereocenters. The number of nitrogens with one attached hydrogen (secondary N) is 1. The van der Waals surface area contributed by atoms with Gasteiger partial charge in [0.15, 0.2) is 0 Å². The average Bonchev–Trinajstić information content (AvgIpc) is 2.65. The Hall–Kier alpha value is -3.11. The van der Waals surface area contributed by atoms with Crippen molar-refractivity contribution in [1.82, 2.24) is 10.3 Å². The molecule has 1 heterocycles. The lowest BCUT2D eigenvalue weighted by molar-refractivity contribution is -0.136. The van der Waals surface area contributed by atoms with Crippen molar-refractivity contribution in [3.63, 3.8) is 0 Å². The molecule has 0 bridgehead atoms. The minimum Gasteiger partial charge on any atom is -0.355 e. The summed E-state index contributed by atoms with van der Waals surface area (Å²) < 4.78 is 39.7. The van der Waals surface area contributed by atoms with Gasteiger partial charge in [-0.3, -0.25) is 4.79 Å². The first-order chi connectivity index (χ1) is 12.8. The van der Waals surface area contributed by atoms with E-state index >= 15 is 0 Å². The number of benzene rings is 2. The van der Waals surface area contributed by atoms with Gasteiger partial charge in [0, 0.05) is 23.6 Å². The summed E-state index contributed by atoms with van der Waals surface area (Å²) in [4.78, 5) is 16.1. The van der Waals surface area contributed by atoms with Gasteiger partial charge in [0.1, 0.15) is 6.07 Å². The minimum absolute atomic E-state index is 0.0697. The van der Waals surface area contributed by atoms with Gasteiger partial charge in [-0.05, 0) is 36.4 Å². The fourth-order valence-electron chi connectivity index (χ4n) is 2.73. The number of fused-ring (bicyclic) bond motifs is 1. The number of aromatic nitrogens is 1. The van der Waals surface area contributed by atoms with E-state index < -0.39 is 11.7 Å². The van der Waals surface area contributed by atoms with Crippen molar-refractivity contribution < 1.29 is 18.0 Å². The topological polar surface area (TPSA) is 65.8 Å². The fraction of sp³-hybridized carbons (Fsp3) is 0.105. The van der Waals surface area contributed by atoms with Crippen molar-refractivity contribution in [1.29, 1.82) is 5.26 Å². The summed E-state index contributed by atoms with van der Waals surface area (Å²) in [5.41, 5.74) is -0.198. The summed E-state index contributed by atoms with van der Waals surface area (Å²) in [6.07, 6.45) is -4.58. The lowest BCUT2D eigenvalue weighted by atomic mass is 9.99. The van der Waals surface area contributed by atoms with Gasteiger partial charge in [-0.2, -0.15) is 18.4 Å². The lowest BCUT2D eigenvalue weighted by Crippen LogP contribution is -2.17. The highest BCUT2D eigenvalue weighted by atomic mass is 35.5. The van der Waals surface area contributed by atoms with Crippen LogP contribution in [0.5, 0.6) is 0 Å². The minimum atomic E-state index is -4.58. The fourth-order valence-corrected chi connectivity index (χ4v) is 2.93. The zero-order valence-electron chi connectivity index (χ0n) is 13.9. The molecule has 0 aliphatic rings. The van der Waals surface area contributed by atoms with Crippen LogP contribution in [0.25, 0.3) is 22.2 Å². The van der Waals surface area contributed by atoms with Gasteiger partial charge in [0.25, 0.3) is 5.91 Å². The Morgan fingerprint density at radius 3 is 2.59 bits per heavy atom. The molecule has 0 saturated heterocycles. The van der Waals surface area contributed by atoms with Gasteiger partial charge in [-0.25, -0.2) is 4.98 Å². The number of amides is 1. The zero-order chi connectivity index (χ0) is 19.8. The standard InChI is InChI=1S/C19H11ClF3N3O/c1-25-18(27)10-5-6-15(20)13(7-10)17-11(9-24)8-12-14(19(21,22)23)3-2-4-16(12)26-17/h2-8H,1H3,(H,25,27). The second-order valence-corrected chi connectivity index (χ2v) is 6.05. The first kappa shape index (κ1) is 18.7. The predicted molar refractivity (Wildman–Crippen MR) is 95.3 cm³/mol. The van der Waals surface area contributed by atoms with Crippen LogP contribution in [0.2, 0.25) is 5.02 Å². The molecule has 4 nitrogen and oxygen atoms in total. The summed E-state index contributed by atoms with van der Waals surface area (Å²) in [6.45, 7) is 0. The van der Waals surface area contributed by atoms with Crippen molar-refractivity contribution in [2.24, 2.45) is 0 Å². The van der Waals surface area contributed by atoms with Crippen LogP contribution < -0.4 is 5.32 Å². The third-order valence-electron chi connectivity index (χ3n) is 4.00. The molecule has 0 spiro atoms. The Balaban J connectivity index is 2.31. The predicted octanol–water partition coefficient (Wildman–Crippen LogP) is 4.81. The lowest BCUT2D eigenvalue weighted by Gasteiger charge is -2.13. The maximum absolute atomic E-state index is 13.2. The maximum atomic E-state index is 13.2. The summed E-state index contributed by atoms with van der Waals surface area (Å²) in [5, 5.41) is 12.0. The molecule has 0 radical (unpaired) electrons. The number of alkyl halides is 3. The smallest absolute Gasteiger partial charge is 0.355 e. The molecule has 0 saturated carbocycles. The third kappa shape index (κ3) is 3.44. The van der Waals surface area contributed by atoms with Crippen molar-refractivity contribution in [2.75, 3.05) is 7.05 Å². The number of halogens is 4. The van der Waals surface area contributed by atoms with E-state index in [0.29, 0.717) is 0 Å². The number of rotatable bonds is 2. The SMILES string of the molecule is CNC(=O)c1ccc(Cl)c(-c2nc3cccc(C(F)(F)F)c3cc2C#N)c1. The molecule has 2 aromatic carbocycles. The van der Waals surface area contributed by atoms with Crippen LogP contribution in [0.15, 0.2) is 42.5 Å². The van der Waals surface area contributed by atoms with Gasteiger partial charge in [0.2, 0.25) is 0 Å². The van der Waals surface area contributed by atoms with E-state index in [0.717, 1.165) is 12.1 Å². The number of carbonyl (C=O) groups is 1. The number of hydrogen-bond acceptors (Lipinski definition) is 3. The molecule has 1 aromatic heterocycles. The molecule has 0 unspecified atom stereocenters. The van der Waals surface area contributed by atoms with Gasteiger partial charge in [-0.15, -0.1) is 0 Å². The van der Waals surface area contributed by atoms with E-state index in [1.807, 2.05) is 6.07 Å². The Morgan fingerprint density at radius 1 is 1.22 bits per heavy atom. The van der Waals surface area contributed by atoms with Gasteiger partial charge in [-0.1, -0.05) is 17.7 Å². The van der Waals surface area contributed by atoms with Crippen molar-refractivity contribution in [2.45, 2.75) is 6.18 Å². The average molecular weight is 390 g/mol. The van der Waals surface area contributed by atoms with E-state index in [1.54, 1.807) is 0 Å². The summed E-state index contributed by atoms with van der Waals surface area (Å²) >= 11 is 6.20. The third-order valence-corrected chi connectivity index (χ3v) is 4.33.